The van der Waals surface area contributed by atoms with E-state index in [-0.39, 0.29) is 6.04 Å². The second kappa shape index (κ2) is 6.35. The van der Waals surface area contributed by atoms with Gasteiger partial charge < -0.3 is 4.42 Å². The molecule has 0 aliphatic carbocycles. The number of hydrogen-bond donors (Lipinski definition) is 1. The third-order valence-corrected chi connectivity index (χ3v) is 4.94. The second-order valence-corrected chi connectivity index (χ2v) is 6.38. The van der Waals surface area contributed by atoms with E-state index in [2.05, 4.69) is 52.3 Å². The summed E-state index contributed by atoms with van der Waals surface area (Å²) in [5.74, 6) is 1.69. The number of rotatable bonds is 6. The van der Waals surface area contributed by atoms with E-state index in [0.29, 0.717) is 6.54 Å². The van der Waals surface area contributed by atoms with Crippen LogP contribution in [0.5, 0.6) is 0 Å². The minimum atomic E-state index is 0.215. The van der Waals surface area contributed by atoms with Crippen LogP contribution in [0.25, 0.3) is 0 Å². The lowest BCUT2D eigenvalue weighted by atomic mass is 10.2. The number of nitrogens with zero attached hydrogens (tertiary/aromatic N) is 1. The smallest absolute Gasteiger partial charge is 0.208 e. The Balaban J connectivity index is 1.74. The predicted molar refractivity (Wildman–Crippen MR) is 83.2 cm³/mol. The molecule has 0 saturated heterocycles. The molecule has 0 aliphatic heterocycles. The maximum absolute atomic E-state index is 5.65. The lowest BCUT2D eigenvalue weighted by Gasteiger charge is -2.14. The highest BCUT2D eigenvalue weighted by Crippen LogP contribution is 2.29. The molecule has 0 amide bonds. The summed E-state index contributed by atoms with van der Waals surface area (Å²) in [5.41, 5.74) is 0. The topological polar surface area (TPSA) is 38.1 Å². The Labute approximate surface area is 126 Å². The number of aryl methyl sites for hydroxylation is 1. The molecular weight excluding hydrogens is 288 g/mol. The summed E-state index contributed by atoms with van der Waals surface area (Å²) in [6.07, 6.45) is 2.69. The van der Waals surface area contributed by atoms with Crippen LogP contribution in [0.15, 0.2) is 45.6 Å². The summed E-state index contributed by atoms with van der Waals surface area (Å²) in [6, 6.07) is 8.71. The van der Waals surface area contributed by atoms with E-state index in [1.165, 1.54) is 9.75 Å². The highest BCUT2D eigenvalue weighted by Gasteiger charge is 2.16. The molecule has 0 saturated carbocycles. The van der Waals surface area contributed by atoms with Crippen LogP contribution in [0.4, 0.5) is 0 Å². The molecule has 0 aliphatic rings. The first-order valence-corrected chi connectivity index (χ1v) is 8.36. The quantitative estimate of drug-likeness (QED) is 0.740. The molecule has 3 rings (SSSR count). The van der Waals surface area contributed by atoms with E-state index in [1.807, 2.05) is 6.20 Å². The van der Waals surface area contributed by atoms with Crippen LogP contribution < -0.4 is 5.32 Å². The average molecular weight is 304 g/mol. The molecule has 0 aromatic carbocycles. The number of thiophene rings is 2. The summed E-state index contributed by atoms with van der Waals surface area (Å²) in [4.78, 5) is 6.93. The highest BCUT2D eigenvalue weighted by molar-refractivity contribution is 7.11. The maximum atomic E-state index is 5.65. The Hall–Kier alpha value is -1.43. The largest absolute Gasteiger partial charge is 0.444 e. The van der Waals surface area contributed by atoms with Crippen LogP contribution in [0.1, 0.15) is 34.4 Å². The molecule has 20 heavy (non-hydrogen) atoms. The van der Waals surface area contributed by atoms with Crippen LogP contribution in [-0.2, 0) is 13.0 Å². The van der Waals surface area contributed by atoms with E-state index in [1.54, 1.807) is 22.7 Å². The fraction of sp³-hybridized carbons (Fsp3) is 0.267. The van der Waals surface area contributed by atoms with Crippen molar-refractivity contribution in [2.24, 2.45) is 0 Å². The fourth-order valence-electron chi connectivity index (χ4n) is 2.04. The third kappa shape index (κ3) is 3.00. The molecule has 104 valence electrons. The van der Waals surface area contributed by atoms with Crippen molar-refractivity contribution in [2.45, 2.75) is 25.9 Å². The molecule has 3 heterocycles. The summed E-state index contributed by atoms with van der Waals surface area (Å²) in [7, 11) is 0. The molecule has 3 aromatic rings. The van der Waals surface area contributed by atoms with E-state index in [0.717, 1.165) is 18.1 Å². The first-order chi connectivity index (χ1) is 9.86. The zero-order valence-electron chi connectivity index (χ0n) is 11.2. The minimum absolute atomic E-state index is 0.215. The lowest BCUT2D eigenvalue weighted by Crippen LogP contribution is -2.20. The van der Waals surface area contributed by atoms with Gasteiger partial charge in [-0.15, -0.1) is 22.7 Å². The number of hydrogen-bond acceptors (Lipinski definition) is 5. The Morgan fingerprint density at radius 1 is 1.20 bits per heavy atom. The molecule has 0 unspecified atom stereocenters. The summed E-state index contributed by atoms with van der Waals surface area (Å²) in [5, 5.41) is 7.76. The minimum Gasteiger partial charge on any atom is -0.444 e. The first-order valence-electron chi connectivity index (χ1n) is 6.60. The Bertz CT molecular complexity index is 594. The van der Waals surface area contributed by atoms with Crippen molar-refractivity contribution in [1.82, 2.24) is 10.3 Å². The van der Waals surface area contributed by atoms with Gasteiger partial charge in [-0.2, -0.15) is 0 Å². The summed E-state index contributed by atoms with van der Waals surface area (Å²) < 4.78 is 5.65. The zero-order chi connectivity index (χ0) is 13.8. The SMILES string of the molecule is CCc1cnc(CNC(c2cccs2)c2cccs2)o1. The van der Waals surface area contributed by atoms with Gasteiger partial charge in [-0.1, -0.05) is 19.1 Å². The molecule has 0 atom stereocenters. The van der Waals surface area contributed by atoms with Gasteiger partial charge in [0, 0.05) is 16.2 Å². The summed E-state index contributed by atoms with van der Waals surface area (Å²) in [6.45, 7) is 2.71. The van der Waals surface area contributed by atoms with Gasteiger partial charge >= 0.3 is 0 Å². The molecule has 0 bridgehead atoms. The van der Waals surface area contributed by atoms with Crippen molar-refractivity contribution < 1.29 is 4.42 Å². The van der Waals surface area contributed by atoms with Crippen LogP contribution in [0.3, 0.4) is 0 Å². The van der Waals surface area contributed by atoms with Crippen molar-refractivity contribution in [3.8, 4) is 0 Å². The average Bonchev–Trinajstić information content (AvgIpc) is 3.22. The molecule has 5 heteroatoms. The van der Waals surface area contributed by atoms with Gasteiger partial charge in [-0.3, -0.25) is 5.32 Å². The van der Waals surface area contributed by atoms with Gasteiger partial charge in [0.2, 0.25) is 5.89 Å². The van der Waals surface area contributed by atoms with Crippen molar-refractivity contribution in [3.05, 3.63) is 62.6 Å². The van der Waals surface area contributed by atoms with Gasteiger partial charge in [-0.05, 0) is 22.9 Å². The monoisotopic (exact) mass is 304 g/mol. The first kappa shape index (κ1) is 13.5. The van der Waals surface area contributed by atoms with Gasteiger partial charge in [0.1, 0.15) is 5.76 Å². The zero-order valence-corrected chi connectivity index (χ0v) is 12.8. The summed E-state index contributed by atoms with van der Waals surface area (Å²) >= 11 is 3.53. The molecule has 0 fully saturated rings. The van der Waals surface area contributed by atoms with Crippen molar-refractivity contribution in [2.75, 3.05) is 0 Å². The number of oxazole rings is 1. The van der Waals surface area contributed by atoms with Crippen molar-refractivity contribution in [3.63, 3.8) is 0 Å². The molecule has 0 radical (unpaired) electrons. The van der Waals surface area contributed by atoms with E-state index < -0.39 is 0 Å². The van der Waals surface area contributed by atoms with Gasteiger partial charge in [0.05, 0.1) is 18.8 Å². The second-order valence-electron chi connectivity index (χ2n) is 4.42. The van der Waals surface area contributed by atoms with Crippen LogP contribution in [0.2, 0.25) is 0 Å². The third-order valence-electron chi connectivity index (χ3n) is 3.06. The number of nitrogens with one attached hydrogen (secondary N) is 1. The van der Waals surface area contributed by atoms with E-state index in [4.69, 9.17) is 4.42 Å². The van der Waals surface area contributed by atoms with E-state index in [9.17, 15) is 0 Å². The molecule has 1 N–H and O–H groups in total. The van der Waals surface area contributed by atoms with E-state index >= 15 is 0 Å². The van der Waals surface area contributed by atoms with Crippen LogP contribution in [-0.4, -0.2) is 4.98 Å². The fourth-order valence-corrected chi connectivity index (χ4v) is 3.75. The van der Waals surface area contributed by atoms with Gasteiger partial charge in [0.25, 0.3) is 0 Å². The van der Waals surface area contributed by atoms with Crippen molar-refractivity contribution >= 4 is 22.7 Å². The molecule has 0 spiro atoms. The van der Waals surface area contributed by atoms with Crippen LogP contribution >= 0.6 is 22.7 Å². The Morgan fingerprint density at radius 3 is 2.40 bits per heavy atom. The van der Waals surface area contributed by atoms with Crippen LogP contribution in [0, 0.1) is 0 Å². The maximum Gasteiger partial charge on any atom is 0.208 e. The lowest BCUT2D eigenvalue weighted by molar-refractivity contribution is 0.431. The van der Waals surface area contributed by atoms with Gasteiger partial charge in [-0.25, -0.2) is 4.98 Å². The highest BCUT2D eigenvalue weighted by atomic mass is 32.1. The standard InChI is InChI=1S/C15H16N2OS2/c1-2-11-9-16-14(18-11)10-17-15(12-5-3-7-19-12)13-6-4-8-20-13/h3-9,15,17H,2,10H2,1H3. The number of aromatic nitrogens is 1. The molecule has 3 nitrogen and oxygen atoms in total. The van der Waals surface area contributed by atoms with Gasteiger partial charge in [0.15, 0.2) is 0 Å². The van der Waals surface area contributed by atoms with Crippen molar-refractivity contribution in [1.29, 1.82) is 0 Å². The Kier molecular flexibility index (Phi) is 4.30. The molecule has 3 aromatic heterocycles. The molecular formula is C15H16N2OS2. The predicted octanol–water partition coefficient (Wildman–Crippen LogP) is 4.24. The normalized spacial score (nSPS) is 11.3. The Morgan fingerprint density at radius 2 is 1.90 bits per heavy atom.